The number of hydrogen-bond donors (Lipinski definition) is 8. The fourth-order valence-corrected chi connectivity index (χ4v) is 2.88. The van der Waals surface area contributed by atoms with E-state index in [1.54, 1.807) is 0 Å². The zero-order valence-corrected chi connectivity index (χ0v) is 17.4. The molecule has 1 saturated carbocycles. The largest absolute Gasteiger partial charge is 1.00 e. The first-order valence-corrected chi connectivity index (χ1v) is 8.10. The molecular formula is C6H14Na2O12P2+2. The van der Waals surface area contributed by atoms with Crippen LogP contribution < -0.4 is 59.1 Å². The third-order valence-corrected chi connectivity index (χ3v) is 3.60. The second-order valence-electron chi connectivity index (χ2n) is 4.08. The van der Waals surface area contributed by atoms with Crippen LogP contribution in [-0.2, 0) is 18.2 Å². The van der Waals surface area contributed by atoms with E-state index in [2.05, 4.69) is 9.05 Å². The predicted molar refractivity (Wildman–Crippen MR) is 57.9 cm³/mol. The Hall–Kier alpha value is 2.06. The molecule has 0 amide bonds. The first-order chi connectivity index (χ1) is 8.83. The van der Waals surface area contributed by atoms with Crippen LogP contribution in [0.2, 0.25) is 0 Å². The number of hydrogen-bond acceptors (Lipinski definition) is 8. The van der Waals surface area contributed by atoms with Crippen molar-refractivity contribution in [3.8, 4) is 0 Å². The van der Waals surface area contributed by atoms with Crippen LogP contribution in [0.3, 0.4) is 0 Å². The van der Waals surface area contributed by atoms with E-state index in [4.69, 9.17) is 19.6 Å². The Labute approximate surface area is 168 Å². The van der Waals surface area contributed by atoms with Crippen molar-refractivity contribution in [2.24, 2.45) is 0 Å². The Bertz CT molecular complexity index is 399. The van der Waals surface area contributed by atoms with E-state index in [1.807, 2.05) is 0 Å². The summed E-state index contributed by atoms with van der Waals surface area (Å²) in [4.78, 5) is 34.4. The Morgan fingerprint density at radius 2 is 0.864 bits per heavy atom. The Morgan fingerprint density at radius 3 is 1.09 bits per heavy atom. The number of aliphatic hydroxyl groups excluding tert-OH is 4. The standard InChI is InChI=1S/C6H14O12P2.2Na/c7-1-2(8)5(17-19(11,12)13)4(10)6(3(1)9)18-20(14,15)16;;/h1-10H,(H2,11,12,13)(H2,14,15,16);;/q;2*+1/t1?,2-,3-,4?,5-,6+;;/m1../s1. The molecule has 1 rings (SSSR count). The summed E-state index contributed by atoms with van der Waals surface area (Å²) >= 11 is 0. The summed E-state index contributed by atoms with van der Waals surface area (Å²) in [5, 5.41) is 38.0. The molecule has 0 saturated heterocycles. The number of phosphoric acid groups is 2. The molecule has 0 heterocycles. The van der Waals surface area contributed by atoms with Gasteiger partial charge in [0.2, 0.25) is 0 Å². The van der Waals surface area contributed by atoms with Gasteiger partial charge in [-0.2, -0.15) is 0 Å². The second kappa shape index (κ2) is 9.67. The molecule has 0 spiro atoms. The first-order valence-electron chi connectivity index (χ1n) is 5.03. The Balaban J connectivity index is 0. The van der Waals surface area contributed by atoms with Crippen LogP contribution in [0.25, 0.3) is 0 Å². The smallest absolute Gasteiger partial charge is 0.387 e. The molecule has 1 aliphatic rings. The zero-order valence-electron chi connectivity index (χ0n) is 11.6. The van der Waals surface area contributed by atoms with E-state index in [0.717, 1.165) is 0 Å². The molecule has 1 fully saturated rings. The molecule has 1 aliphatic carbocycles. The van der Waals surface area contributed by atoms with Crippen LogP contribution >= 0.6 is 15.6 Å². The van der Waals surface area contributed by atoms with Crippen molar-refractivity contribution in [2.75, 3.05) is 0 Å². The van der Waals surface area contributed by atoms with E-state index in [0.29, 0.717) is 0 Å². The van der Waals surface area contributed by atoms with Crippen LogP contribution in [0.4, 0.5) is 0 Å². The van der Waals surface area contributed by atoms with Crippen LogP contribution in [0.5, 0.6) is 0 Å². The molecule has 0 bridgehead atoms. The van der Waals surface area contributed by atoms with Crippen LogP contribution in [0.15, 0.2) is 0 Å². The van der Waals surface area contributed by atoms with Crippen molar-refractivity contribution in [3.05, 3.63) is 0 Å². The van der Waals surface area contributed by atoms with Gasteiger partial charge < -0.3 is 40.0 Å². The molecule has 12 nitrogen and oxygen atoms in total. The van der Waals surface area contributed by atoms with Gasteiger partial charge in [0, 0.05) is 0 Å². The van der Waals surface area contributed by atoms with Crippen molar-refractivity contribution < 1.29 is 117 Å². The molecule has 0 radical (unpaired) electrons. The normalized spacial score (nSPS) is 36.2. The summed E-state index contributed by atoms with van der Waals surface area (Å²) in [6.07, 6.45) is -12.8. The van der Waals surface area contributed by atoms with E-state index in [-0.39, 0.29) is 59.1 Å². The topological polar surface area (TPSA) is 214 Å². The monoisotopic (exact) mass is 386 g/mol. The third kappa shape index (κ3) is 7.52. The zero-order chi connectivity index (χ0) is 15.9. The van der Waals surface area contributed by atoms with E-state index in [1.165, 1.54) is 0 Å². The minimum atomic E-state index is -5.20. The first kappa shape index (κ1) is 26.3. The molecular weight excluding hydrogens is 372 g/mol. The molecule has 120 valence electrons. The van der Waals surface area contributed by atoms with Crippen LogP contribution in [0.1, 0.15) is 0 Å². The van der Waals surface area contributed by atoms with Gasteiger partial charge >= 0.3 is 74.8 Å². The fourth-order valence-electron chi connectivity index (χ4n) is 1.75. The van der Waals surface area contributed by atoms with Gasteiger partial charge in [0.15, 0.2) is 0 Å². The van der Waals surface area contributed by atoms with Crippen LogP contribution in [0, 0.1) is 0 Å². The molecule has 8 N–H and O–H groups in total. The maximum Gasteiger partial charge on any atom is 1.00 e. The fraction of sp³-hybridized carbons (Fsp3) is 1.00. The van der Waals surface area contributed by atoms with E-state index < -0.39 is 52.3 Å². The predicted octanol–water partition coefficient (Wildman–Crippen LogP) is -9.59. The molecule has 0 aliphatic heterocycles. The average Bonchev–Trinajstić information content (AvgIpc) is 2.25. The van der Waals surface area contributed by atoms with Gasteiger partial charge in [0.1, 0.15) is 36.6 Å². The molecule has 22 heavy (non-hydrogen) atoms. The summed E-state index contributed by atoms with van der Waals surface area (Å²) in [7, 11) is -10.4. The Morgan fingerprint density at radius 1 is 0.591 bits per heavy atom. The Kier molecular flexibility index (Phi) is 11.6. The van der Waals surface area contributed by atoms with Gasteiger partial charge in [-0.25, -0.2) is 9.13 Å². The average molecular weight is 386 g/mol. The molecule has 0 aromatic rings. The van der Waals surface area contributed by atoms with E-state index >= 15 is 0 Å². The van der Waals surface area contributed by atoms with Gasteiger partial charge in [-0.1, -0.05) is 0 Å². The minimum absolute atomic E-state index is 0. The summed E-state index contributed by atoms with van der Waals surface area (Å²) < 4.78 is 29.4. The summed E-state index contributed by atoms with van der Waals surface area (Å²) in [5.41, 5.74) is 0. The summed E-state index contributed by atoms with van der Waals surface area (Å²) in [6.45, 7) is 0. The SMILES string of the molecule is O=P(O)(O)O[C@@H]1C(O)[C@H](OP(=O)(O)O)[C@H](O)C(O)[C@H]1O.[Na+].[Na+]. The van der Waals surface area contributed by atoms with Crippen molar-refractivity contribution in [1.29, 1.82) is 0 Å². The summed E-state index contributed by atoms with van der Waals surface area (Å²) in [5.74, 6) is 0. The molecule has 0 aromatic heterocycles. The van der Waals surface area contributed by atoms with Gasteiger partial charge in [0.05, 0.1) is 0 Å². The maximum atomic E-state index is 10.7. The number of phosphoric ester groups is 2. The van der Waals surface area contributed by atoms with Crippen molar-refractivity contribution >= 4 is 15.6 Å². The second-order valence-corrected chi connectivity index (χ2v) is 6.47. The van der Waals surface area contributed by atoms with Crippen molar-refractivity contribution in [3.63, 3.8) is 0 Å². The maximum absolute atomic E-state index is 10.7. The van der Waals surface area contributed by atoms with Crippen molar-refractivity contribution in [2.45, 2.75) is 36.6 Å². The molecule has 6 atom stereocenters. The molecule has 16 heteroatoms. The quantitative estimate of drug-likeness (QED) is 0.167. The van der Waals surface area contributed by atoms with Gasteiger partial charge in [-0.15, -0.1) is 0 Å². The van der Waals surface area contributed by atoms with Crippen LogP contribution in [-0.4, -0.2) is 76.6 Å². The van der Waals surface area contributed by atoms with E-state index in [9.17, 15) is 29.6 Å². The van der Waals surface area contributed by atoms with Gasteiger partial charge in [-0.05, 0) is 0 Å². The van der Waals surface area contributed by atoms with Gasteiger partial charge in [-0.3, -0.25) is 9.05 Å². The number of rotatable bonds is 4. The number of aliphatic hydroxyl groups is 4. The van der Waals surface area contributed by atoms with Gasteiger partial charge in [0.25, 0.3) is 0 Å². The molecule has 0 aromatic carbocycles. The van der Waals surface area contributed by atoms with Crippen molar-refractivity contribution in [1.82, 2.24) is 0 Å². The minimum Gasteiger partial charge on any atom is -0.387 e. The third-order valence-electron chi connectivity index (χ3n) is 2.56. The summed E-state index contributed by atoms with van der Waals surface area (Å²) in [6, 6.07) is 0. The molecule has 2 unspecified atom stereocenters.